The third-order valence-corrected chi connectivity index (χ3v) is 3.26. The second-order valence-corrected chi connectivity index (χ2v) is 4.83. The molecule has 0 aliphatic heterocycles. The summed E-state index contributed by atoms with van der Waals surface area (Å²) in [7, 11) is -1.62. The minimum absolute atomic E-state index is 0.0127. The van der Waals surface area contributed by atoms with E-state index in [4.69, 9.17) is 14.7 Å². The van der Waals surface area contributed by atoms with E-state index in [1.54, 1.807) is 0 Å². The van der Waals surface area contributed by atoms with Crippen molar-refractivity contribution in [2.75, 3.05) is 0 Å². The highest BCUT2D eigenvalue weighted by molar-refractivity contribution is 6.32. The molecule has 0 radical (unpaired) electrons. The Kier molecular flexibility index (Phi) is 4.42. The third kappa shape index (κ3) is 3.26. The van der Waals surface area contributed by atoms with Crippen molar-refractivity contribution in [3.8, 4) is 0 Å². The summed E-state index contributed by atoms with van der Waals surface area (Å²) in [4.78, 5) is 0. The first-order valence-corrected chi connectivity index (χ1v) is 5.52. The molecular weight excluding hydrogens is 179 g/mol. The lowest BCUT2D eigenvalue weighted by molar-refractivity contribution is 0.0121. The molecule has 14 heavy (non-hydrogen) atoms. The van der Waals surface area contributed by atoms with Crippen LogP contribution in [-0.4, -0.2) is 23.5 Å². The normalized spacial score (nSPS) is 33.4. The molecule has 0 spiro atoms. The quantitative estimate of drug-likeness (QED) is 0.677. The highest BCUT2D eigenvalue weighted by Gasteiger charge is 2.33. The Hall–Kier alpha value is -0.0551. The van der Waals surface area contributed by atoms with Crippen LogP contribution in [0.4, 0.5) is 0 Å². The number of hydrogen-bond acceptors (Lipinski definition) is 3. The van der Waals surface area contributed by atoms with Gasteiger partial charge in [0.15, 0.2) is 0 Å². The Morgan fingerprint density at radius 3 is 2.43 bits per heavy atom. The Labute approximate surface area is 86.6 Å². The molecule has 0 aromatic rings. The van der Waals surface area contributed by atoms with E-state index in [1.807, 2.05) is 0 Å². The molecule has 1 saturated carbocycles. The van der Waals surface area contributed by atoms with Crippen LogP contribution < -0.4 is 0 Å². The summed E-state index contributed by atoms with van der Waals surface area (Å²) in [5.41, 5.74) is 0. The van der Waals surface area contributed by atoms with Gasteiger partial charge in [-0.2, -0.15) is 0 Å². The summed E-state index contributed by atoms with van der Waals surface area (Å²) in [5, 5.41) is 17.6. The molecule has 1 aliphatic rings. The lowest BCUT2D eigenvalue weighted by Crippen LogP contribution is -2.38. The van der Waals surface area contributed by atoms with E-state index in [1.165, 1.54) is 6.42 Å². The van der Waals surface area contributed by atoms with Crippen LogP contribution in [0.15, 0.2) is 0 Å². The smallest absolute Gasteiger partial charge is 0.402 e. The van der Waals surface area contributed by atoms with Crippen LogP contribution in [0.2, 0.25) is 0 Å². The van der Waals surface area contributed by atoms with Gasteiger partial charge in [-0.15, -0.1) is 0 Å². The van der Waals surface area contributed by atoms with Crippen LogP contribution in [0.5, 0.6) is 0 Å². The summed E-state index contributed by atoms with van der Waals surface area (Å²) in [6.45, 7) is 6.53. The molecule has 0 saturated heterocycles. The molecule has 82 valence electrons. The molecule has 0 unspecified atom stereocenters. The summed E-state index contributed by atoms with van der Waals surface area (Å²) < 4.78 is 5.15. The van der Waals surface area contributed by atoms with Crippen LogP contribution >= 0.6 is 0 Å². The zero-order valence-corrected chi connectivity index (χ0v) is 9.31. The van der Waals surface area contributed by atoms with E-state index in [9.17, 15) is 0 Å². The van der Waals surface area contributed by atoms with Gasteiger partial charge >= 0.3 is 7.32 Å². The maximum Gasteiger partial charge on any atom is 0.634 e. The van der Waals surface area contributed by atoms with E-state index in [-0.39, 0.29) is 6.10 Å². The van der Waals surface area contributed by atoms with Crippen molar-refractivity contribution in [3.05, 3.63) is 0 Å². The first kappa shape index (κ1) is 12.0. The first-order chi connectivity index (χ1) is 6.50. The van der Waals surface area contributed by atoms with Gasteiger partial charge in [0.05, 0.1) is 0 Å². The van der Waals surface area contributed by atoms with Gasteiger partial charge in [0, 0.05) is 6.10 Å². The second kappa shape index (κ2) is 5.15. The van der Waals surface area contributed by atoms with Crippen LogP contribution in [0.3, 0.4) is 0 Å². The maximum atomic E-state index is 8.82. The lowest BCUT2D eigenvalue weighted by Gasteiger charge is -2.37. The number of rotatable bonds is 3. The molecule has 1 aliphatic carbocycles. The van der Waals surface area contributed by atoms with Crippen LogP contribution in [0, 0.1) is 17.8 Å². The lowest BCUT2D eigenvalue weighted by atomic mass is 9.75. The van der Waals surface area contributed by atoms with Crippen molar-refractivity contribution in [2.45, 2.75) is 46.1 Å². The van der Waals surface area contributed by atoms with Crippen molar-refractivity contribution in [2.24, 2.45) is 17.8 Å². The molecule has 0 aromatic carbocycles. The Balaban J connectivity index is 2.54. The van der Waals surface area contributed by atoms with E-state index >= 15 is 0 Å². The van der Waals surface area contributed by atoms with E-state index in [0.29, 0.717) is 17.8 Å². The number of hydrogen-bond donors (Lipinski definition) is 2. The molecule has 0 bridgehead atoms. The Morgan fingerprint density at radius 2 is 1.93 bits per heavy atom. The standard InChI is InChI=1S/C10H21BO3/c1-7(2)9-5-4-8(3)6-10(9)14-11(12)13/h7-10,12-13H,4-6H2,1-3H3/t8-,9+,10+/m1/s1. The van der Waals surface area contributed by atoms with Crippen molar-refractivity contribution in [1.29, 1.82) is 0 Å². The van der Waals surface area contributed by atoms with Crippen LogP contribution in [0.25, 0.3) is 0 Å². The SMILES string of the molecule is CC(C)[C@@H]1CC[C@@H](C)C[C@@H]1OB(O)O. The molecule has 0 amide bonds. The van der Waals surface area contributed by atoms with Gasteiger partial charge < -0.3 is 14.7 Å². The second-order valence-electron chi connectivity index (χ2n) is 4.83. The summed E-state index contributed by atoms with van der Waals surface area (Å²) in [6, 6.07) is 0. The molecule has 2 N–H and O–H groups in total. The average molecular weight is 200 g/mol. The summed E-state index contributed by atoms with van der Waals surface area (Å²) >= 11 is 0. The predicted octanol–water partition coefficient (Wildman–Crippen LogP) is 1.43. The van der Waals surface area contributed by atoms with Crippen molar-refractivity contribution >= 4 is 7.32 Å². The van der Waals surface area contributed by atoms with Crippen LogP contribution in [-0.2, 0) is 4.65 Å². The fourth-order valence-corrected chi connectivity index (χ4v) is 2.43. The summed E-state index contributed by atoms with van der Waals surface area (Å²) in [5.74, 6) is 1.65. The summed E-state index contributed by atoms with van der Waals surface area (Å²) in [6.07, 6.45) is 3.32. The van der Waals surface area contributed by atoms with Crippen LogP contribution in [0.1, 0.15) is 40.0 Å². The van der Waals surface area contributed by atoms with E-state index in [0.717, 1.165) is 12.8 Å². The van der Waals surface area contributed by atoms with Gasteiger partial charge in [-0.05, 0) is 30.6 Å². The van der Waals surface area contributed by atoms with Gasteiger partial charge in [0.25, 0.3) is 0 Å². The van der Waals surface area contributed by atoms with Gasteiger partial charge in [0.2, 0.25) is 0 Å². The van der Waals surface area contributed by atoms with Gasteiger partial charge in [-0.1, -0.05) is 27.2 Å². The Bertz CT molecular complexity index is 171. The molecule has 4 heteroatoms. The molecule has 0 aromatic heterocycles. The zero-order chi connectivity index (χ0) is 10.7. The molecule has 1 rings (SSSR count). The molecule has 1 fully saturated rings. The van der Waals surface area contributed by atoms with E-state index < -0.39 is 7.32 Å². The van der Waals surface area contributed by atoms with Gasteiger partial charge in [0.1, 0.15) is 0 Å². The van der Waals surface area contributed by atoms with Gasteiger partial charge in [-0.25, -0.2) is 0 Å². The maximum absolute atomic E-state index is 8.82. The fraction of sp³-hybridized carbons (Fsp3) is 1.00. The Morgan fingerprint density at radius 1 is 1.29 bits per heavy atom. The molecular formula is C10H21BO3. The zero-order valence-electron chi connectivity index (χ0n) is 9.31. The largest absolute Gasteiger partial charge is 0.634 e. The highest BCUT2D eigenvalue weighted by Crippen LogP contribution is 2.35. The minimum atomic E-state index is -1.62. The fourth-order valence-electron chi connectivity index (χ4n) is 2.43. The van der Waals surface area contributed by atoms with E-state index in [2.05, 4.69) is 20.8 Å². The third-order valence-electron chi connectivity index (χ3n) is 3.26. The van der Waals surface area contributed by atoms with Crippen molar-refractivity contribution in [1.82, 2.24) is 0 Å². The van der Waals surface area contributed by atoms with Gasteiger partial charge in [-0.3, -0.25) is 0 Å². The average Bonchev–Trinajstić information content (AvgIpc) is 2.01. The highest BCUT2D eigenvalue weighted by atomic mass is 16.6. The molecule has 3 nitrogen and oxygen atoms in total. The monoisotopic (exact) mass is 200 g/mol. The minimum Gasteiger partial charge on any atom is -0.402 e. The predicted molar refractivity (Wildman–Crippen MR) is 56.4 cm³/mol. The van der Waals surface area contributed by atoms with Crippen molar-refractivity contribution < 1.29 is 14.7 Å². The molecule has 3 atom stereocenters. The topological polar surface area (TPSA) is 49.7 Å². The van der Waals surface area contributed by atoms with Crippen molar-refractivity contribution in [3.63, 3.8) is 0 Å². The molecule has 0 heterocycles. The first-order valence-electron chi connectivity index (χ1n) is 5.52.